The van der Waals surface area contributed by atoms with E-state index in [1.54, 1.807) is 0 Å². The minimum Gasteiger partial charge on any atom is 0 e. The van der Waals surface area contributed by atoms with Crippen molar-refractivity contribution >= 4 is 190 Å². The van der Waals surface area contributed by atoms with Crippen molar-refractivity contribution in [1.29, 1.82) is 0 Å². The molecular weight excluding hydrogens is 372 g/mol. The summed E-state index contributed by atoms with van der Waals surface area (Å²) in [4.78, 5) is 0. The number of rotatable bonds is 0. The molecule has 0 atom stereocenters. The van der Waals surface area contributed by atoms with Crippen molar-refractivity contribution in [2.45, 2.75) is 0 Å². The Labute approximate surface area is 184 Å². The van der Waals surface area contributed by atoms with E-state index < -0.39 is 0 Å². The molecule has 0 fully saturated rings. The van der Waals surface area contributed by atoms with E-state index in [1.165, 1.54) is 0 Å². The maximum Gasteiger partial charge on any atom is 0 e. The average molecular weight is 372 g/mol. The van der Waals surface area contributed by atoms with Crippen molar-refractivity contribution in [2.75, 3.05) is 0 Å². The monoisotopic (exact) mass is 372 g/mol. The molecule has 12 radical (unpaired) electrons. The third kappa shape index (κ3) is 22.5. The minimum absolute atomic E-state index is 0. The first kappa shape index (κ1) is 39.8. The van der Waals surface area contributed by atoms with Crippen molar-refractivity contribution in [3.63, 3.8) is 0 Å². The summed E-state index contributed by atoms with van der Waals surface area (Å²) >= 11 is 0. The molecule has 0 nitrogen and oxygen atoms in total. The Balaban J connectivity index is 0. The Kier molecular flexibility index (Phi) is 201. The molecule has 0 aliphatic heterocycles. The van der Waals surface area contributed by atoms with Crippen molar-refractivity contribution in [3.8, 4) is 0 Å². The summed E-state index contributed by atoms with van der Waals surface area (Å²) in [5.74, 6) is 0. The Bertz CT molecular complexity index is 5.51. The molecule has 0 aliphatic carbocycles. The first-order valence-corrected chi connectivity index (χ1v) is 0. The predicted molar refractivity (Wildman–Crippen MR) is 34.5 cm³/mol. The molecule has 0 bridgehead atoms. The second kappa shape index (κ2) is 30.3. The fourth-order valence-corrected chi connectivity index (χ4v) is 0. The predicted octanol–water partition coefficient (Wildman–Crippen LogP) is -2.28. The SMILES string of the molecule is [Ba].[Ba].[Mg].[Mg].[Mg].[Mg]. The zero-order chi connectivity index (χ0) is 0. The van der Waals surface area contributed by atoms with Crippen LogP contribution in [-0.4, -0.2) is 190 Å². The van der Waals surface area contributed by atoms with E-state index in [-0.39, 0.29) is 190 Å². The fraction of sp³-hybridized carbons (Fsp3) is 0. The van der Waals surface area contributed by atoms with E-state index in [0.29, 0.717) is 0 Å². The molecule has 6 heteroatoms. The molecule has 0 spiro atoms. The molecule has 0 saturated carbocycles. The van der Waals surface area contributed by atoms with E-state index in [1.807, 2.05) is 0 Å². The zero-order valence-electron chi connectivity index (χ0n) is 4.24. The van der Waals surface area contributed by atoms with Gasteiger partial charge in [-0.25, -0.2) is 0 Å². The van der Waals surface area contributed by atoms with Crippen LogP contribution in [0.4, 0.5) is 0 Å². The summed E-state index contributed by atoms with van der Waals surface area (Å²) in [6.45, 7) is 0. The van der Waals surface area contributed by atoms with Gasteiger partial charge in [0.2, 0.25) is 0 Å². The van der Waals surface area contributed by atoms with E-state index in [4.69, 9.17) is 0 Å². The first-order chi connectivity index (χ1) is 0. The normalized spacial score (nSPS) is 0. The second-order valence-electron chi connectivity index (χ2n) is 0. The van der Waals surface area contributed by atoms with Crippen LogP contribution in [0.15, 0.2) is 0 Å². The maximum absolute atomic E-state index is 0. The van der Waals surface area contributed by atoms with Crippen LogP contribution in [0.3, 0.4) is 0 Å². The van der Waals surface area contributed by atoms with Crippen LogP contribution in [-0.2, 0) is 0 Å². The summed E-state index contributed by atoms with van der Waals surface area (Å²) in [6, 6.07) is 0. The summed E-state index contributed by atoms with van der Waals surface area (Å²) in [7, 11) is 0. The Morgan fingerprint density at radius 3 is 0.333 bits per heavy atom. The first-order valence-electron chi connectivity index (χ1n) is 0. The maximum atomic E-state index is 0. The van der Waals surface area contributed by atoms with E-state index in [2.05, 4.69) is 0 Å². The smallest absolute Gasteiger partial charge is 0 e. The molecule has 0 saturated heterocycles. The van der Waals surface area contributed by atoms with Crippen molar-refractivity contribution in [2.24, 2.45) is 0 Å². The fourth-order valence-electron chi connectivity index (χ4n) is 0. The van der Waals surface area contributed by atoms with Crippen LogP contribution in [0.25, 0.3) is 0 Å². The molecular formula is Ba2Mg4. The van der Waals surface area contributed by atoms with Crippen LogP contribution < -0.4 is 0 Å². The molecule has 0 aromatic carbocycles. The van der Waals surface area contributed by atoms with Crippen LogP contribution >= 0.6 is 0 Å². The van der Waals surface area contributed by atoms with Gasteiger partial charge in [-0.1, -0.05) is 0 Å². The Morgan fingerprint density at radius 2 is 0.333 bits per heavy atom. The topological polar surface area (TPSA) is 0 Å². The van der Waals surface area contributed by atoms with Crippen LogP contribution in [0.1, 0.15) is 0 Å². The molecule has 6 heavy (non-hydrogen) atoms. The van der Waals surface area contributed by atoms with Gasteiger partial charge >= 0.3 is 0 Å². The molecule has 0 unspecified atom stereocenters. The van der Waals surface area contributed by atoms with Gasteiger partial charge in [0.25, 0.3) is 0 Å². The van der Waals surface area contributed by atoms with Gasteiger partial charge in [0, 0.05) is 190 Å². The van der Waals surface area contributed by atoms with Gasteiger partial charge in [-0.3, -0.25) is 0 Å². The second-order valence-corrected chi connectivity index (χ2v) is 0. The van der Waals surface area contributed by atoms with Gasteiger partial charge in [0.1, 0.15) is 0 Å². The summed E-state index contributed by atoms with van der Waals surface area (Å²) < 4.78 is 0. The van der Waals surface area contributed by atoms with Gasteiger partial charge in [-0.15, -0.1) is 0 Å². The number of hydrogen-bond acceptors (Lipinski definition) is 0. The molecule has 0 aromatic heterocycles. The van der Waals surface area contributed by atoms with Crippen molar-refractivity contribution in [1.82, 2.24) is 0 Å². The molecule has 0 aliphatic rings. The van der Waals surface area contributed by atoms with Crippen molar-refractivity contribution < 1.29 is 0 Å². The molecule has 0 heterocycles. The third-order valence-corrected chi connectivity index (χ3v) is 0. The van der Waals surface area contributed by atoms with Gasteiger partial charge in [0.05, 0.1) is 0 Å². The largest absolute Gasteiger partial charge is 0 e. The summed E-state index contributed by atoms with van der Waals surface area (Å²) in [5, 5.41) is 0. The Hall–Kier alpha value is 6.21. The summed E-state index contributed by atoms with van der Waals surface area (Å²) in [5.41, 5.74) is 0. The molecule has 0 rings (SSSR count). The molecule has 0 amide bonds. The quantitative estimate of drug-likeness (QED) is 0.421. The van der Waals surface area contributed by atoms with Gasteiger partial charge < -0.3 is 0 Å². The number of hydrogen-bond donors (Lipinski definition) is 0. The van der Waals surface area contributed by atoms with Gasteiger partial charge in [-0.05, 0) is 0 Å². The Morgan fingerprint density at radius 1 is 0.333 bits per heavy atom. The van der Waals surface area contributed by atoms with Gasteiger partial charge in [0.15, 0.2) is 0 Å². The zero-order valence-corrected chi connectivity index (χ0v) is 18.8. The van der Waals surface area contributed by atoms with E-state index >= 15 is 0 Å². The summed E-state index contributed by atoms with van der Waals surface area (Å²) in [6.07, 6.45) is 0. The van der Waals surface area contributed by atoms with E-state index in [9.17, 15) is 0 Å². The van der Waals surface area contributed by atoms with Crippen LogP contribution in [0.5, 0.6) is 0 Å². The molecule has 0 aromatic rings. The average Bonchev–Trinajstić information content (AvgIpc) is 0. The standard InChI is InChI=1S/2Ba.4Mg. The van der Waals surface area contributed by atoms with Crippen molar-refractivity contribution in [3.05, 3.63) is 0 Å². The van der Waals surface area contributed by atoms with Crippen LogP contribution in [0.2, 0.25) is 0 Å². The molecule has 12 valence electrons. The molecule has 0 N–H and O–H groups in total. The van der Waals surface area contributed by atoms with Gasteiger partial charge in [-0.2, -0.15) is 0 Å². The van der Waals surface area contributed by atoms with Crippen LogP contribution in [0, 0.1) is 0 Å². The minimum atomic E-state index is 0. The third-order valence-electron chi connectivity index (χ3n) is 0. The van der Waals surface area contributed by atoms with E-state index in [0.717, 1.165) is 0 Å².